The van der Waals surface area contributed by atoms with E-state index in [-0.39, 0.29) is 35.0 Å². The molecule has 2 aromatic rings. The first-order valence-electron chi connectivity index (χ1n) is 17.6. The summed E-state index contributed by atoms with van der Waals surface area (Å²) in [6, 6.07) is 14.7. The average Bonchev–Trinajstić information content (AvgIpc) is 3.40. The smallest absolute Gasteiger partial charge is 0.404 e. The summed E-state index contributed by atoms with van der Waals surface area (Å²) in [7, 11) is -3.19. The first-order chi connectivity index (χ1) is 22.3. The highest BCUT2D eigenvalue weighted by molar-refractivity contribution is 7.92. The number of carboxylic acid groups (broad SMARTS) is 1. The molecule has 0 unspecified atom stereocenters. The van der Waals surface area contributed by atoms with Gasteiger partial charge in [0.15, 0.2) is 9.84 Å². The monoisotopic (exact) mass is 652 g/mol. The highest BCUT2D eigenvalue weighted by atomic mass is 32.2. The number of anilines is 1. The van der Waals surface area contributed by atoms with E-state index in [2.05, 4.69) is 26.1 Å². The Morgan fingerprint density at radius 3 is 2.24 bits per heavy atom. The largest absolute Gasteiger partial charge is 0.465 e. The molecule has 0 aromatic heterocycles. The lowest BCUT2D eigenvalue weighted by molar-refractivity contribution is -0.000940. The maximum atomic E-state index is 14.6. The van der Waals surface area contributed by atoms with Gasteiger partial charge in [0.05, 0.1) is 10.1 Å². The zero-order valence-electron chi connectivity index (χ0n) is 26.8. The number of hydrogen-bond acceptors (Lipinski definition) is 6. The van der Waals surface area contributed by atoms with E-state index in [9.17, 15) is 22.7 Å². The van der Waals surface area contributed by atoms with Crippen molar-refractivity contribution in [3.63, 3.8) is 0 Å². The van der Waals surface area contributed by atoms with Crippen molar-refractivity contribution in [2.45, 2.75) is 80.0 Å². The predicted octanol–water partition coefficient (Wildman–Crippen LogP) is 5.80. The van der Waals surface area contributed by atoms with Crippen LogP contribution in [0.15, 0.2) is 53.4 Å². The number of nitrogens with one attached hydrogen (secondary N) is 1. The summed E-state index contributed by atoms with van der Waals surface area (Å²) < 4.78 is 40.1. The maximum Gasteiger partial charge on any atom is 0.404 e. The van der Waals surface area contributed by atoms with Crippen molar-refractivity contribution >= 4 is 21.6 Å². The lowest BCUT2D eigenvalue weighted by Crippen LogP contribution is -2.54. The van der Waals surface area contributed by atoms with E-state index in [1.54, 1.807) is 18.2 Å². The SMILES string of the molecule is O=C(O)N[C@H]1CCC[C@@H]1[C@H](C1CCN(CC2CN(c3ccc(S(=O)(=O)C4CCC4)cc3)C2)CC1)[C@@H](c1cccc(F)c1)N1CCC1. The Morgan fingerprint density at radius 2 is 1.63 bits per heavy atom. The van der Waals surface area contributed by atoms with Gasteiger partial charge in [0.1, 0.15) is 5.82 Å². The second kappa shape index (κ2) is 13.4. The molecule has 3 heterocycles. The molecule has 250 valence electrons. The Kier molecular flexibility index (Phi) is 9.31. The van der Waals surface area contributed by atoms with Crippen LogP contribution in [-0.2, 0) is 9.84 Å². The molecular formula is C36H49FN4O4S. The summed E-state index contributed by atoms with van der Waals surface area (Å²) in [5.41, 5.74) is 2.14. The third-order valence-electron chi connectivity index (χ3n) is 11.9. The molecule has 4 atom stereocenters. The van der Waals surface area contributed by atoms with Gasteiger partial charge in [0, 0.05) is 43.3 Å². The predicted molar refractivity (Wildman–Crippen MR) is 177 cm³/mol. The molecule has 3 saturated heterocycles. The Bertz CT molecular complexity index is 1470. The van der Waals surface area contributed by atoms with Gasteiger partial charge in [-0.15, -0.1) is 0 Å². The fourth-order valence-electron chi connectivity index (χ4n) is 9.12. The topological polar surface area (TPSA) is 93.2 Å². The third kappa shape index (κ3) is 6.54. The summed E-state index contributed by atoms with van der Waals surface area (Å²) in [6.07, 6.45) is 7.85. The molecule has 0 radical (unpaired) electrons. The number of hydrogen-bond donors (Lipinski definition) is 2. The molecule has 10 heteroatoms. The number of likely N-dealkylation sites (tertiary alicyclic amines) is 2. The number of carbonyl (C=O) groups is 1. The summed E-state index contributed by atoms with van der Waals surface area (Å²) >= 11 is 0. The van der Waals surface area contributed by atoms with Gasteiger partial charge < -0.3 is 20.2 Å². The molecule has 5 aliphatic rings. The normalized spacial score (nSPS) is 26.6. The number of halogens is 1. The number of amides is 1. The van der Waals surface area contributed by atoms with Gasteiger partial charge in [-0.3, -0.25) is 4.90 Å². The fourth-order valence-corrected chi connectivity index (χ4v) is 11.0. The van der Waals surface area contributed by atoms with Crippen LogP contribution in [0.25, 0.3) is 0 Å². The van der Waals surface area contributed by atoms with Crippen molar-refractivity contribution in [3.05, 3.63) is 59.9 Å². The van der Waals surface area contributed by atoms with Crippen molar-refractivity contribution in [3.8, 4) is 0 Å². The molecule has 2 aliphatic carbocycles. The Balaban J connectivity index is 0.986. The zero-order valence-corrected chi connectivity index (χ0v) is 27.6. The number of piperidine rings is 1. The number of benzene rings is 2. The highest BCUT2D eigenvalue weighted by Gasteiger charge is 2.46. The van der Waals surface area contributed by atoms with Gasteiger partial charge in [-0.1, -0.05) is 25.0 Å². The van der Waals surface area contributed by atoms with Crippen LogP contribution in [-0.4, -0.2) is 86.5 Å². The lowest BCUT2D eigenvalue weighted by Gasteiger charge is -2.50. The third-order valence-corrected chi connectivity index (χ3v) is 14.2. The van der Waals surface area contributed by atoms with Crippen molar-refractivity contribution in [2.75, 3.05) is 50.7 Å². The molecule has 0 bridgehead atoms. The Morgan fingerprint density at radius 1 is 0.913 bits per heavy atom. The minimum Gasteiger partial charge on any atom is -0.465 e. The van der Waals surface area contributed by atoms with E-state index in [0.29, 0.717) is 16.7 Å². The van der Waals surface area contributed by atoms with E-state index < -0.39 is 15.9 Å². The Labute approximate surface area is 273 Å². The summed E-state index contributed by atoms with van der Waals surface area (Å²) in [5.74, 6) is 1.37. The van der Waals surface area contributed by atoms with Gasteiger partial charge >= 0.3 is 6.09 Å². The molecule has 46 heavy (non-hydrogen) atoms. The average molecular weight is 653 g/mol. The van der Waals surface area contributed by atoms with E-state index >= 15 is 0 Å². The number of sulfone groups is 1. The number of nitrogens with zero attached hydrogens (tertiary/aromatic N) is 3. The number of rotatable bonds is 11. The van der Waals surface area contributed by atoms with Crippen LogP contribution in [0.5, 0.6) is 0 Å². The summed E-state index contributed by atoms with van der Waals surface area (Å²) in [4.78, 5) is 19.7. The van der Waals surface area contributed by atoms with E-state index in [0.717, 1.165) is 115 Å². The maximum absolute atomic E-state index is 14.6. The molecule has 2 N–H and O–H groups in total. The van der Waals surface area contributed by atoms with Crippen LogP contribution >= 0.6 is 0 Å². The second-order valence-corrected chi connectivity index (χ2v) is 16.8. The molecule has 2 aromatic carbocycles. The van der Waals surface area contributed by atoms with Crippen molar-refractivity contribution in [1.82, 2.24) is 15.1 Å². The van der Waals surface area contributed by atoms with Crippen LogP contribution in [0.4, 0.5) is 14.9 Å². The van der Waals surface area contributed by atoms with E-state index in [4.69, 9.17) is 0 Å². The fraction of sp³-hybridized carbons (Fsp3) is 0.639. The standard InChI is InChI=1S/C36H49FN4O4S/c37-28-6-1-5-27(21-28)35(40-17-4-18-40)34(32-9-3-10-33(32)38-36(42)43)26-15-19-39(20-16-26)22-25-23-41(24-25)29-11-13-31(14-12-29)46(44,45)30-7-2-8-30/h1,5-6,11-14,21,25-26,30,32-35,38H,2-4,7-10,15-20,22-24H2,(H,42,43)/t32-,33-,34-,35+/m0/s1. The molecular weight excluding hydrogens is 603 g/mol. The first kappa shape index (κ1) is 31.9. The van der Waals surface area contributed by atoms with E-state index in [1.807, 2.05) is 18.2 Å². The molecule has 2 saturated carbocycles. The second-order valence-electron chi connectivity index (χ2n) is 14.6. The van der Waals surface area contributed by atoms with E-state index in [1.165, 1.54) is 6.07 Å². The van der Waals surface area contributed by atoms with Gasteiger partial charge in [0.2, 0.25) is 0 Å². The summed E-state index contributed by atoms with van der Waals surface area (Å²) in [5, 5.41) is 12.3. The molecule has 5 fully saturated rings. The van der Waals surface area contributed by atoms with Crippen molar-refractivity contribution < 1.29 is 22.7 Å². The minimum absolute atomic E-state index is 0.0498. The lowest BCUT2D eigenvalue weighted by atomic mass is 9.68. The molecule has 8 nitrogen and oxygen atoms in total. The molecule has 0 spiro atoms. The van der Waals surface area contributed by atoms with Gasteiger partial charge in [-0.05, 0) is 131 Å². The van der Waals surface area contributed by atoms with Crippen LogP contribution in [0, 0.1) is 29.5 Å². The van der Waals surface area contributed by atoms with Crippen LogP contribution in [0.3, 0.4) is 0 Å². The molecule has 7 rings (SSSR count). The van der Waals surface area contributed by atoms with Crippen molar-refractivity contribution in [2.24, 2.45) is 23.7 Å². The molecule has 3 aliphatic heterocycles. The van der Waals surface area contributed by atoms with Crippen LogP contribution < -0.4 is 10.2 Å². The molecule has 1 amide bonds. The van der Waals surface area contributed by atoms with Crippen molar-refractivity contribution in [1.29, 1.82) is 0 Å². The summed E-state index contributed by atoms with van der Waals surface area (Å²) in [6.45, 7) is 7.12. The van der Waals surface area contributed by atoms with Gasteiger partial charge in [0.25, 0.3) is 0 Å². The van der Waals surface area contributed by atoms with Crippen LogP contribution in [0.2, 0.25) is 0 Å². The van der Waals surface area contributed by atoms with Crippen LogP contribution in [0.1, 0.15) is 69.4 Å². The highest BCUT2D eigenvalue weighted by Crippen LogP contribution is 2.49. The minimum atomic E-state index is -3.19. The zero-order chi connectivity index (χ0) is 31.8. The quantitative estimate of drug-likeness (QED) is 0.317. The van der Waals surface area contributed by atoms with Gasteiger partial charge in [-0.25, -0.2) is 17.6 Å². The first-order valence-corrected chi connectivity index (χ1v) is 19.1. The van der Waals surface area contributed by atoms with Gasteiger partial charge in [-0.2, -0.15) is 0 Å². The Hall–Kier alpha value is -2.69.